The first kappa shape index (κ1) is 15.8. The Morgan fingerprint density at radius 3 is 2.50 bits per heavy atom. The summed E-state index contributed by atoms with van der Waals surface area (Å²) in [7, 11) is 0. The second kappa shape index (κ2) is 7.04. The molecule has 24 heavy (non-hydrogen) atoms. The topological polar surface area (TPSA) is 16.1 Å². The second-order valence-corrected chi connectivity index (χ2v) is 7.93. The molecule has 4 rings (SSSR count). The molecule has 1 saturated heterocycles. The first-order valence-corrected chi connectivity index (χ1v) is 9.74. The Morgan fingerprint density at radius 1 is 1.04 bits per heavy atom. The van der Waals surface area contributed by atoms with Crippen molar-refractivity contribution in [2.24, 2.45) is 0 Å². The van der Waals surface area contributed by atoms with Crippen LogP contribution < -0.4 is 0 Å². The zero-order chi connectivity index (χ0) is 16.4. The van der Waals surface area contributed by atoms with Crippen LogP contribution in [0.25, 0.3) is 10.2 Å². The highest BCUT2D eigenvalue weighted by Gasteiger charge is 2.25. The smallest absolute Gasteiger partial charge is 0.0970 e. The van der Waals surface area contributed by atoms with E-state index in [0.717, 1.165) is 11.9 Å². The third kappa shape index (κ3) is 3.38. The molecule has 1 aliphatic heterocycles. The van der Waals surface area contributed by atoms with Crippen molar-refractivity contribution in [3.63, 3.8) is 0 Å². The normalized spacial score (nSPS) is 18.0. The van der Waals surface area contributed by atoms with Gasteiger partial charge in [0.1, 0.15) is 0 Å². The van der Waals surface area contributed by atoms with Crippen molar-refractivity contribution in [3.8, 4) is 0 Å². The van der Waals surface area contributed by atoms with Gasteiger partial charge in [-0.2, -0.15) is 0 Å². The summed E-state index contributed by atoms with van der Waals surface area (Å²) in [5.74, 6) is 0.641. The SMILES string of the molecule is CC(Cc1ccccc1)N1CCC(c2nc3ccccc3s2)CC1. The number of rotatable bonds is 4. The number of nitrogens with zero attached hydrogens (tertiary/aromatic N) is 2. The number of aromatic nitrogens is 1. The Labute approximate surface area is 148 Å². The predicted octanol–water partition coefficient (Wildman–Crippen LogP) is 5.11. The summed E-state index contributed by atoms with van der Waals surface area (Å²) in [6.07, 6.45) is 3.62. The highest BCUT2D eigenvalue weighted by atomic mass is 32.1. The van der Waals surface area contributed by atoms with Crippen LogP contribution >= 0.6 is 11.3 Å². The molecule has 0 radical (unpaired) electrons. The molecule has 0 N–H and O–H groups in total. The van der Waals surface area contributed by atoms with E-state index in [-0.39, 0.29) is 0 Å². The highest BCUT2D eigenvalue weighted by molar-refractivity contribution is 7.18. The van der Waals surface area contributed by atoms with Gasteiger partial charge in [-0.05, 0) is 57.0 Å². The van der Waals surface area contributed by atoms with E-state index >= 15 is 0 Å². The van der Waals surface area contributed by atoms with Crippen molar-refractivity contribution >= 4 is 21.6 Å². The maximum absolute atomic E-state index is 4.87. The maximum atomic E-state index is 4.87. The Hall–Kier alpha value is -1.71. The molecule has 0 aliphatic carbocycles. The fraction of sp³-hybridized carbons (Fsp3) is 0.381. The molecule has 0 amide bonds. The van der Waals surface area contributed by atoms with Gasteiger partial charge in [0.05, 0.1) is 15.2 Å². The van der Waals surface area contributed by atoms with E-state index in [1.165, 1.54) is 41.2 Å². The lowest BCUT2D eigenvalue weighted by Gasteiger charge is -2.35. The molecule has 2 nitrogen and oxygen atoms in total. The minimum absolute atomic E-state index is 0.615. The lowest BCUT2D eigenvalue weighted by Crippen LogP contribution is -2.40. The van der Waals surface area contributed by atoms with E-state index in [4.69, 9.17) is 4.98 Å². The minimum atomic E-state index is 0.615. The van der Waals surface area contributed by atoms with Gasteiger partial charge in [0, 0.05) is 12.0 Å². The standard InChI is InChI=1S/C21H24N2S/c1-16(15-17-7-3-2-4-8-17)23-13-11-18(12-14-23)21-22-19-9-5-6-10-20(19)24-21/h2-10,16,18H,11-15H2,1H3. The van der Waals surface area contributed by atoms with Crippen LogP contribution in [0.2, 0.25) is 0 Å². The molecule has 3 heteroatoms. The minimum Gasteiger partial charge on any atom is -0.300 e. The van der Waals surface area contributed by atoms with E-state index in [1.54, 1.807) is 0 Å². The summed E-state index contributed by atoms with van der Waals surface area (Å²) in [5, 5.41) is 1.34. The van der Waals surface area contributed by atoms with Crippen molar-refractivity contribution in [2.45, 2.75) is 38.1 Å². The van der Waals surface area contributed by atoms with Crippen molar-refractivity contribution in [1.82, 2.24) is 9.88 Å². The van der Waals surface area contributed by atoms with Gasteiger partial charge in [-0.25, -0.2) is 4.98 Å². The first-order chi connectivity index (χ1) is 11.8. The molecule has 1 atom stereocenters. The zero-order valence-electron chi connectivity index (χ0n) is 14.2. The number of hydrogen-bond donors (Lipinski definition) is 0. The fourth-order valence-electron chi connectivity index (χ4n) is 3.74. The molecule has 2 aromatic carbocycles. The Kier molecular flexibility index (Phi) is 4.63. The molecule has 1 aliphatic rings. The van der Waals surface area contributed by atoms with Crippen LogP contribution in [0.3, 0.4) is 0 Å². The van der Waals surface area contributed by atoms with Gasteiger partial charge in [0.2, 0.25) is 0 Å². The molecular weight excluding hydrogens is 312 g/mol. The van der Waals surface area contributed by atoms with E-state index in [2.05, 4.69) is 66.4 Å². The lowest BCUT2D eigenvalue weighted by molar-refractivity contribution is 0.161. The fourth-order valence-corrected chi connectivity index (χ4v) is 4.87. The number of piperidine rings is 1. The molecule has 124 valence electrons. The molecule has 0 saturated carbocycles. The molecule has 3 aromatic rings. The van der Waals surface area contributed by atoms with Crippen LogP contribution in [0.4, 0.5) is 0 Å². The summed E-state index contributed by atoms with van der Waals surface area (Å²) in [4.78, 5) is 7.52. The summed E-state index contributed by atoms with van der Waals surface area (Å²) in [6.45, 7) is 4.74. The molecule has 2 heterocycles. The van der Waals surface area contributed by atoms with E-state index < -0.39 is 0 Å². The van der Waals surface area contributed by atoms with Crippen LogP contribution in [-0.2, 0) is 6.42 Å². The highest BCUT2D eigenvalue weighted by Crippen LogP contribution is 2.34. The van der Waals surface area contributed by atoms with E-state index in [0.29, 0.717) is 12.0 Å². The van der Waals surface area contributed by atoms with Crippen LogP contribution in [0.5, 0.6) is 0 Å². The van der Waals surface area contributed by atoms with Gasteiger partial charge >= 0.3 is 0 Å². The molecule has 1 unspecified atom stereocenters. The van der Waals surface area contributed by atoms with Gasteiger partial charge < -0.3 is 4.90 Å². The van der Waals surface area contributed by atoms with Gasteiger partial charge in [0.25, 0.3) is 0 Å². The predicted molar refractivity (Wildman–Crippen MR) is 103 cm³/mol. The third-order valence-corrected chi connectivity index (χ3v) is 6.39. The molecule has 0 bridgehead atoms. The lowest BCUT2D eigenvalue weighted by atomic mass is 9.95. The van der Waals surface area contributed by atoms with Crippen molar-refractivity contribution < 1.29 is 0 Å². The zero-order valence-corrected chi connectivity index (χ0v) is 15.0. The Morgan fingerprint density at radius 2 is 1.75 bits per heavy atom. The summed E-state index contributed by atoms with van der Waals surface area (Å²) in [5.41, 5.74) is 2.61. The second-order valence-electron chi connectivity index (χ2n) is 6.87. The Balaban J connectivity index is 1.37. The van der Waals surface area contributed by atoms with Gasteiger partial charge in [-0.15, -0.1) is 11.3 Å². The molecule has 1 fully saturated rings. The van der Waals surface area contributed by atoms with E-state index in [9.17, 15) is 0 Å². The number of hydrogen-bond acceptors (Lipinski definition) is 3. The van der Waals surface area contributed by atoms with Crippen molar-refractivity contribution in [3.05, 3.63) is 65.2 Å². The number of likely N-dealkylation sites (tertiary alicyclic amines) is 1. The van der Waals surface area contributed by atoms with Crippen LogP contribution in [0, 0.1) is 0 Å². The number of thiazole rings is 1. The van der Waals surface area contributed by atoms with Crippen LogP contribution in [0.15, 0.2) is 54.6 Å². The van der Waals surface area contributed by atoms with Crippen molar-refractivity contribution in [2.75, 3.05) is 13.1 Å². The molecule has 0 spiro atoms. The summed E-state index contributed by atoms with van der Waals surface area (Å²) < 4.78 is 1.33. The average Bonchev–Trinajstić information content (AvgIpc) is 3.07. The summed E-state index contributed by atoms with van der Waals surface area (Å²) in [6, 6.07) is 20.0. The Bertz CT molecular complexity index is 755. The number of fused-ring (bicyclic) bond motifs is 1. The maximum Gasteiger partial charge on any atom is 0.0970 e. The number of para-hydroxylation sites is 1. The molecule has 1 aromatic heterocycles. The van der Waals surface area contributed by atoms with Gasteiger partial charge in [-0.1, -0.05) is 42.5 Å². The van der Waals surface area contributed by atoms with E-state index in [1.807, 2.05) is 11.3 Å². The number of benzene rings is 2. The quantitative estimate of drug-likeness (QED) is 0.658. The average molecular weight is 337 g/mol. The van der Waals surface area contributed by atoms with Gasteiger partial charge in [-0.3, -0.25) is 0 Å². The van der Waals surface area contributed by atoms with Crippen LogP contribution in [-0.4, -0.2) is 29.0 Å². The van der Waals surface area contributed by atoms with Crippen LogP contribution in [0.1, 0.15) is 36.3 Å². The first-order valence-electron chi connectivity index (χ1n) is 8.93. The summed E-state index contributed by atoms with van der Waals surface area (Å²) >= 11 is 1.89. The largest absolute Gasteiger partial charge is 0.300 e. The van der Waals surface area contributed by atoms with Crippen molar-refractivity contribution in [1.29, 1.82) is 0 Å². The van der Waals surface area contributed by atoms with Gasteiger partial charge in [0.15, 0.2) is 0 Å². The molecular formula is C21H24N2S. The third-order valence-electron chi connectivity index (χ3n) is 5.19. The monoisotopic (exact) mass is 336 g/mol.